The molecule has 1 aliphatic heterocycles. The fourth-order valence-electron chi connectivity index (χ4n) is 1.43. The normalized spacial score (nSPS) is 34.5. The van der Waals surface area contributed by atoms with Gasteiger partial charge in [0.15, 0.2) is 0 Å². The summed E-state index contributed by atoms with van der Waals surface area (Å²) in [4.78, 5) is 0. The van der Waals surface area contributed by atoms with E-state index in [2.05, 4.69) is 34.6 Å². The van der Waals surface area contributed by atoms with Crippen LogP contribution in [0.15, 0.2) is 0 Å². The molecule has 0 aliphatic carbocycles. The summed E-state index contributed by atoms with van der Waals surface area (Å²) >= 11 is 0. The van der Waals surface area contributed by atoms with Crippen molar-refractivity contribution >= 4 is 21.6 Å². The Hall–Kier alpha value is 0.660. The molecule has 0 aromatic carbocycles. The molecular weight excluding hydrogens is 188 g/mol. The SMILES string of the molecule is CC(C)O[C@@H]1[C@H](C)SSC1(C)C. The summed E-state index contributed by atoms with van der Waals surface area (Å²) in [5.74, 6) is 0. The zero-order chi connectivity index (χ0) is 9.35. The molecule has 2 atom stereocenters. The summed E-state index contributed by atoms with van der Waals surface area (Å²) < 4.78 is 6.17. The van der Waals surface area contributed by atoms with E-state index >= 15 is 0 Å². The van der Waals surface area contributed by atoms with Gasteiger partial charge in [-0.05, 0) is 34.6 Å². The van der Waals surface area contributed by atoms with E-state index in [0.717, 1.165) is 0 Å². The van der Waals surface area contributed by atoms with Crippen LogP contribution >= 0.6 is 21.6 Å². The Morgan fingerprint density at radius 1 is 1.33 bits per heavy atom. The van der Waals surface area contributed by atoms with Crippen LogP contribution in [0.5, 0.6) is 0 Å². The summed E-state index contributed by atoms with van der Waals surface area (Å²) in [7, 11) is 3.90. The number of rotatable bonds is 2. The van der Waals surface area contributed by atoms with E-state index in [1.54, 1.807) is 0 Å². The molecule has 12 heavy (non-hydrogen) atoms. The van der Waals surface area contributed by atoms with Crippen LogP contribution < -0.4 is 0 Å². The number of ether oxygens (including phenoxy) is 1. The van der Waals surface area contributed by atoms with Crippen molar-refractivity contribution in [2.45, 2.75) is 56.8 Å². The molecule has 0 unspecified atom stereocenters. The Morgan fingerprint density at radius 2 is 1.92 bits per heavy atom. The summed E-state index contributed by atoms with van der Waals surface area (Å²) in [6.07, 6.45) is 0.739. The topological polar surface area (TPSA) is 9.23 Å². The highest BCUT2D eigenvalue weighted by atomic mass is 33.1. The first kappa shape index (κ1) is 10.7. The van der Waals surface area contributed by atoms with Gasteiger partial charge in [0.05, 0.1) is 12.2 Å². The van der Waals surface area contributed by atoms with Crippen LogP contribution in [0.2, 0.25) is 0 Å². The van der Waals surface area contributed by atoms with Crippen molar-refractivity contribution < 1.29 is 4.74 Å². The molecule has 0 radical (unpaired) electrons. The molecule has 1 saturated heterocycles. The van der Waals surface area contributed by atoms with Gasteiger partial charge in [-0.1, -0.05) is 21.6 Å². The second-order valence-corrected chi connectivity index (χ2v) is 7.33. The van der Waals surface area contributed by atoms with Gasteiger partial charge in [-0.15, -0.1) is 0 Å². The molecule has 1 nitrogen and oxygen atoms in total. The molecule has 0 saturated carbocycles. The summed E-state index contributed by atoms with van der Waals surface area (Å²) in [5, 5.41) is 0.618. The van der Waals surface area contributed by atoms with E-state index in [9.17, 15) is 0 Å². The molecular formula is C9H18OS2. The highest BCUT2D eigenvalue weighted by Crippen LogP contribution is 2.52. The molecule has 1 fully saturated rings. The Labute approximate surface area is 83.4 Å². The molecule has 0 spiro atoms. The first-order chi connectivity index (χ1) is 5.43. The van der Waals surface area contributed by atoms with Crippen LogP contribution in [-0.4, -0.2) is 22.2 Å². The molecule has 0 N–H and O–H groups in total. The van der Waals surface area contributed by atoms with Crippen molar-refractivity contribution in [2.24, 2.45) is 0 Å². The Morgan fingerprint density at radius 3 is 2.25 bits per heavy atom. The van der Waals surface area contributed by atoms with Crippen LogP contribution in [-0.2, 0) is 4.74 Å². The molecule has 0 aromatic rings. The highest BCUT2D eigenvalue weighted by molar-refractivity contribution is 8.77. The molecule has 1 aliphatic rings. The maximum absolute atomic E-state index is 5.90. The lowest BCUT2D eigenvalue weighted by Crippen LogP contribution is -2.38. The van der Waals surface area contributed by atoms with Gasteiger partial charge in [0.25, 0.3) is 0 Å². The Kier molecular flexibility index (Phi) is 3.41. The van der Waals surface area contributed by atoms with E-state index in [1.165, 1.54) is 0 Å². The minimum absolute atomic E-state index is 0.272. The summed E-state index contributed by atoms with van der Waals surface area (Å²) in [6, 6.07) is 0. The van der Waals surface area contributed by atoms with E-state index in [0.29, 0.717) is 17.5 Å². The van der Waals surface area contributed by atoms with Crippen molar-refractivity contribution in [3.05, 3.63) is 0 Å². The Bertz CT molecular complexity index is 157. The summed E-state index contributed by atoms with van der Waals surface area (Å²) in [5.41, 5.74) is 0. The van der Waals surface area contributed by atoms with Crippen LogP contribution in [0.25, 0.3) is 0 Å². The fourth-order valence-corrected chi connectivity index (χ4v) is 4.56. The molecule has 72 valence electrons. The van der Waals surface area contributed by atoms with E-state index in [4.69, 9.17) is 4.74 Å². The first-order valence-electron chi connectivity index (χ1n) is 4.43. The lowest BCUT2D eigenvalue weighted by molar-refractivity contribution is -0.00488. The molecule has 0 bridgehead atoms. The number of hydrogen-bond acceptors (Lipinski definition) is 3. The fraction of sp³-hybridized carbons (Fsp3) is 1.00. The summed E-state index contributed by atoms with van der Waals surface area (Å²) in [6.45, 7) is 11.0. The van der Waals surface area contributed by atoms with E-state index < -0.39 is 0 Å². The van der Waals surface area contributed by atoms with Gasteiger partial charge in [0.2, 0.25) is 0 Å². The maximum Gasteiger partial charge on any atom is 0.0852 e. The second kappa shape index (κ2) is 3.81. The third kappa shape index (κ3) is 2.33. The van der Waals surface area contributed by atoms with E-state index in [-0.39, 0.29) is 4.75 Å². The predicted octanol–water partition coefficient (Wildman–Crippen LogP) is 3.34. The zero-order valence-electron chi connectivity index (χ0n) is 8.46. The lowest BCUT2D eigenvalue weighted by Gasteiger charge is -2.28. The van der Waals surface area contributed by atoms with E-state index in [1.807, 2.05) is 21.6 Å². The van der Waals surface area contributed by atoms with Crippen LogP contribution in [0.1, 0.15) is 34.6 Å². The van der Waals surface area contributed by atoms with Crippen molar-refractivity contribution in [1.82, 2.24) is 0 Å². The third-order valence-corrected chi connectivity index (χ3v) is 5.74. The number of hydrogen-bond donors (Lipinski definition) is 0. The average Bonchev–Trinajstić information content (AvgIpc) is 2.15. The van der Waals surface area contributed by atoms with Crippen molar-refractivity contribution in [2.75, 3.05) is 0 Å². The molecule has 1 heterocycles. The van der Waals surface area contributed by atoms with Crippen LogP contribution in [0.4, 0.5) is 0 Å². The van der Waals surface area contributed by atoms with Crippen LogP contribution in [0, 0.1) is 0 Å². The minimum atomic E-state index is 0.272. The van der Waals surface area contributed by atoms with Gasteiger partial charge >= 0.3 is 0 Å². The predicted molar refractivity (Wildman–Crippen MR) is 58.7 cm³/mol. The van der Waals surface area contributed by atoms with Gasteiger partial charge in [-0.25, -0.2) is 0 Å². The zero-order valence-corrected chi connectivity index (χ0v) is 10.1. The van der Waals surface area contributed by atoms with Gasteiger partial charge < -0.3 is 4.74 Å². The van der Waals surface area contributed by atoms with Crippen molar-refractivity contribution in [3.63, 3.8) is 0 Å². The highest BCUT2D eigenvalue weighted by Gasteiger charge is 2.42. The quantitative estimate of drug-likeness (QED) is 0.641. The standard InChI is InChI=1S/C9H18OS2/c1-6(2)10-8-7(3)11-12-9(8,4)5/h6-8H,1-5H3/t7-,8+/m0/s1. The average molecular weight is 206 g/mol. The monoisotopic (exact) mass is 206 g/mol. The largest absolute Gasteiger partial charge is 0.373 e. The van der Waals surface area contributed by atoms with Gasteiger partial charge in [0.1, 0.15) is 0 Å². The van der Waals surface area contributed by atoms with Gasteiger partial charge in [0, 0.05) is 10.00 Å². The maximum atomic E-state index is 5.90. The van der Waals surface area contributed by atoms with Crippen LogP contribution in [0.3, 0.4) is 0 Å². The molecule has 1 rings (SSSR count). The van der Waals surface area contributed by atoms with Crippen molar-refractivity contribution in [3.8, 4) is 0 Å². The molecule has 0 aromatic heterocycles. The third-order valence-electron chi connectivity index (χ3n) is 1.94. The smallest absolute Gasteiger partial charge is 0.0852 e. The van der Waals surface area contributed by atoms with Gasteiger partial charge in [-0.2, -0.15) is 0 Å². The van der Waals surface area contributed by atoms with Crippen molar-refractivity contribution in [1.29, 1.82) is 0 Å². The first-order valence-corrected chi connectivity index (χ1v) is 6.64. The molecule has 0 amide bonds. The second-order valence-electron chi connectivity index (χ2n) is 4.09. The Balaban J connectivity index is 2.59. The lowest BCUT2D eigenvalue weighted by atomic mass is 10.0. The molecule has 3 heteroatoms. The minimum Gasteiger partial charge on any atom is -0.373 e. The van der Waals surface area contributed by atoms with Gasteiger partial charge in [-0.3, -0.25) is 0 Å².